The SMILES string of the molecule is CN(CC(=O)Nc1ccc(OC(F)(F)F)cc1)c1ccc2ccccc2[nH+]1. The van der Waals surface area contributed by atoms with Crippen LogP contribution < -0.4 is 19.9 Å². The lowest BCUT2D eigenvalue weighted by atomic mass is 10.2. The molecule has 1 amide bonds. The highest BCUT2D eigenvalue weighted by molar-refractivity contribution is 5.93. The number of fused-ring (bicyclic) bond motifs is 1. The van der Waals surface area contributed by atoms with Crippen LogP contribution in [0.15, 0.2) is 60.7 Å². The van der Waals surface area contributed by atoms with Crippen LogP contribution in [0.3, 0.4) is 0 Å². The van der Waals surface area contributed by atoms with Gasteiger partial charge in [0.05, 0.1) is 7.05 Å². The lowest BCUT2D eigenvalue weighted by Gasteiger charge is -2.12. The van der Waals surface area contributed by atoms with E-state index in [0.717, 1.165) is 28.9 Å². The van der Waals surface area contributed by atoms with Crippen LogP contribution in [0.4, 0.5) is 24.7 Å². The molecule has 0 bridgehead atoms. The summed E-state index contributed by atoms with van der Waals surface area (Å²) in [6, 6.07) is 16.6. The Hall–Kier alpha value is -3.29. The van der Waals surface area contributed by atoms with Crippen molar-refractivity contribution < 1.29 is 27.7 Å². The Kier molecular flexibility index (Phi) is 5.16. The van der Waals surface area contributed by atoms with Crippen LogP contribution in [0.2, 0.25) is 0 Å². The molecule has 0 aliphatic heterocycles. The number of anilines is 2. The van der Waals surface area contributed by atoms with E-state index in [-0.39, 0.29) is 18.2 Å². The quantitative estimate of drug-likeness (QED) is 0.740. The minimum atomic E-state index is -4.75. The van der Waals surface area contributed by atoms with Crippen molar-refractivity contribution in [1.29, 1.82) is 0 Å². The Morgan fingerprint density at radius 2 is 1.78 bits per heavy atom. The highest BCUT2D eigenvalue weighted by Gasteiger charge is 2.31. The number of para-hydroxylation sites is 1. The highest BCUT2D eigenvalue weighted by atomic mass is 19.4. The Morgan fingerprint density at radius 1 is 1.07 bits per heavy atom. The molecule has 2 aromatic carbocycles. The van der Waals surface area contributed by atoms with Gasteiger partial charge in [0.1, 0.15) is 11.3 Å². The smallest absolute Gasteiger partial charge is 0.406 e. The number of nitrogens with one attached hydrogen (secondary N) is 2. The van der Waals surface area contributed by atoms with Crippen molar-refractivity contribution in [2.24, 2.45) is 0 Å². The molecule has 3 rings (SSSR count). The van der Waals surface area contributed by atoms with Gasteiger partial charge >= 0.3 is 6.36 Å². The number of benzene rings is 2. The molecule has 0 fully saturated rings. The molecule has 0 radical (unpaired) electrons. The number of carbonyl (C=O) groups is 1. The molecule has 8 heteroatoms. The van der Waals surface area contributed by atoms with Crippen LogP contribution >= 0.6 is 0 Å². The van der Waals surface area contributed by atoms with Crippen molar-refractivity contribution in [2.45, 2.75) is 6.36 Å². The second-order valence-corrected chi connectivity index (χ2v) is 5.91. The lowest BCUT2D eigenvalue weighted by Crippen LogP contribution is -2.33. The van der Waals surface area contributed by atoms with Gasteiger partial charge in [0, 0.05) is 17.1 Å². The molecule has 0 aliphatic carbocycles. The third kappa shape index (κ3) is 5.10. The molecule has 0 atom stereocenters. The van der Waals surface area contributed by atoms with Crippen molar-refractivity contribution in [2.75, 3.05) is 23.8 Å². The monoisotopic (exact) mass is 376 g/mol. The van der Waals surface area contributed by atoms with E-state index in [0.29, 0.717) is 5.69 Å². The van der Waals surface area contributed by atoms with Crippen molar-refractivity contribution in [3.63, 3.8) is 0 Å². The summed E-state index contributed by atoms with van der Waals surface area (Å²) in [5.74, 6) is 0.115. The summed E-state index contributed by atoms with van der Waals surface area (Å²) in [7, 11) is 1.76. The van der Waals surface area contributed by atoms with E-state index in [1.807, 2.05) is 36.4 Å². The highest BCUT2D eigenvalue weighted by Crippen LogP contribution is 2.24. The molecule has 1 heterocycles. The molecule has 0 spiro atoms. The topological polar surface area (TPSA) is 55.7 Å². The van der Waals surface area contributed by atoms with Gasteiger partial charge in [0.25, 0.3) is 11.7 Å². The standard InChI is InChI=1S/C19H16F3N3O2/c1-25(17-11-6-13-4-2-3-5-16(13)24-17)12-18(26)23-14-7-9-15(10-8-14)27-19(20,21)22/h2-11H,12H2,1H3,(H,23,26)/p+1. The summed E-state index contributed by atoms with van der Waals surface area (Å²) >= 11 is 0. The van der Waals surface area contributed by atoms with Crippen LogP contribution in [0, 0.1) is 0 Å². The Morgan fingerprint density at radius 3 is 2.48 bits per heavy atom. The summed E-state index contributed by atoms with van der Waals surface area (Å²) in [5.41, 5.74) is 1.33. The number of ether oxygens (including phenoxy) is 1. The van der Waals surface area contributed by atoms with Crippen molar-refractivity contribution in [3.8, 4) is 5.75 Å². The van der Waals surface area contributed by atoms with E-state index in [1.54, 1.807) is 11.9 Å². The number of carbonyl (C=O) groups excluding carboxylic acids is 1. The van der Waals surface area contributed by atoms with E-state index in [2.05, 4.69) is 15.0 Å². The number of pyridine rings is 1. The number of aromatic nitrogens is 1. The van der Waals surface area contributed by atoms with Gasteiger partial charge in [-0.1, -0.05) is 18.2 Å². The fraction of sp³-hybridized carbons (Fsp3) is 0.158. The molecule has 2 N–H and O–H groups in total. The van der Waals surface area contributed by atoms with Crippen molar-refractivity contribution in [1.82, 2.24) is 0 Å². The summed E-state index contributed by atoms with van der Waals surface area (Å²) in [6.07, 6.45) is -4.75. The van der Waals surface area contributed by atoms with E-state index in [1.165, 1.54) is 12.1 Å². The summed E-state index contributed by atoms with van der Waals surface area (Å²) in [4.78, 5) is 17.2. The second-order valence-electron chi connectivity index (χ2n) is 5.91. The third-order valence-corrected chi connectivity index (χ3v) is 3.81. The molecule has 0 unspecified atom stereocenters. The molecule has 0 saturated carbocycles. The molecule has 1 aromatic heterocycles. The number of hydrogen-bond acceptors (Lipinski definition) is 3. The summed E-state index contributed by atoms with van der Waals surface area (Å²) in [5, 5.41) is 3.69. The van der Waals surface area contributed by atoms with Gasteiger partial charge in [-0.3, -0.25) is 9.69 Å². The Bertz CT molecular complexity index is 943. The van der Waals surface area contributed by atoms with Gasteiger partial charge in [-0.05, 0) is 36.4 Å². The van der Waals surface area contributed by atoms with Crippen LogP contribution in [0.5, 0.6) is 5.75 Å². The predicted octanol–water partition coefficient (Wildman–Crippen LogP) is 3.63. The van der Waals surface area contributed by atoms with Gasteiger partial charge in [-0.15, -0.1) is 13.2 Å². The third-order valence-electron chi connectivity index (χ3n) is 3.81. The number of alkyl halides is 3. The molecular weight excluding hydrogens is 359 g/mol. The molecule has 27 heavy (non-hydrogen) atoms. The van der Waals surface area contributed by atoms with E-state index >= 15 is 0 Å². The van der Waals surface area contributed by atoms with E-state index in [4.69, 9.17) is 0 Å². The molecular formula is C19H17F3N3O2+. The number of halogens is 3. The molecule has 5 nitrogen and oxygen atoms in total. The van der Waals surface area contributed by atoms with Crippen LogP contribution in [-0.4, -0.2) is 25.9 Å². The number of aromatic amines is 1. The largest absolute Gasteiger partial charge is 0.573 e. The lowest BCUT2D eigenvalue weighted by molar-refractivity contribution is -0.330. The second kappa shape index (κ2) is 7.53. The van der Waals surface area contributed by atoms with E-state index < -0.39 is 6.36 Å². The van der Waals surface area contributed by atoms with Crippen molar-refractivity contribution in [3.05, 3.63) is 60.7 Å². The number of nitrogens with zero attached hydrogens (tertiary/aromatic N) is 1. The van der Waals surface area contributed by atoms with Crippen LogP contribution in [0.1, 0.15) is 0 Å². The first kappa shape index (κ1) is 18.5. The maximum absolute atomic E-state index is 12.2. The van der Waals surface area contributed by atoms with Gasteiger partial charge in [-0.25, -0.2) is 4.98 Å². The fourth-order valence-corrected chi connectivity index (χ4v) is 2.57. The molecule has 0 saturated heterocycles. The number of likely N-dealkylation sites (N-methyl/N-ethyl adjacent to an activating group) is 1. The van der Waals surface area contributed by atoms with Gasteiger partial charge in [0.15, 0.2) is 6.54 Å². The molecule has 140 valence electrons. The van der Waals surface area contributed by atoms with Crippen molar-refractivity contribution >= 4 is 28.3 Å². The minimum Gasteiger partial charge on any atom is -0.406 e. The van der Waals surface area contributed by atoms with Crippen LogP contribution in [-0.2, 0) is 4.79 Å². The predicted molar refractivity (Wildman–Crippen MR) is 95.5 cm³/mol. The zero-order valence-corrected chi connectivity index (χ0v) is 14.4. The molecule has 0 aliphatic rings. The number of hydrogen-bond donors (Lipinski definition) is 1. The zero-order chi connectivity index (χ0) is 19.4. The average molecular weight is 376 g/mol. The zero-order valence-electron chi connectivity index (χ0n) is 14.4. The van der Waals surface area contributed by atoms with Gasteiger partial charge in [-0.2, -0.15) is 0 Å². The minimum absolute atomic E-state index is 0.0651. The number of rotatable bonds is 5. The average Bonchev–Trinajstić information content (AvgIpc) is 2.61. The number of H-pyrrole nitrogens is 1. The first-order chi connectivity index (χ1) is 12.8. The van der Waals surface area contributed by atoms with E-state index in [9.17, 15) is 18.0 Å². The maximum Gasteiger partial charge on any atom is 0.573 e. The molecule has 3 aromatic rings. The Labute approximate surface area is 153 Å². The number of amides is 1. The summed E-state index contributed by atoms with van der Waals surface area (Å²) < 4.78 is 40.3. The first-order valence-electron chi connectivity index (χ1n) is 8.08. The first-order valence-corrected chi connectivity index (χ1v) is 8.08. The fourth-order valence-electron chi connectivity index (χ4n) is 2.57. The van der Waals surface area contributed by atoms with Gasteiger partial charge in [0.2, 0.25) is 0 Å². The Balaban J connectivity index is 1.61. The van der Waals surface area contributed by atoms with Gasteiger partial charge < -0.3 is 10.1 Å². The summed E-state index contributed by atoms with van der Waals surface area (Å²) in [6.45, 7) is 0.0651. The van der Waals surface area contributed by atoms with Crippen LogP contribution in [0.25, 0.3) is 10.9 Å². The normalized spacial score (nSPS) is 11.3. The maximum atomic E-state index is 12.2.